The van der Waals surface area contributed by atoms with Gasteiger partial charge in [0.05, 0.1) is 0 Å². The zero-order valence-corrected chi connectivity index (χ0v) is 16.0. The quantitative estimate of drug-likeness (QED) is 0.910. The lowest BCUT2D eigenvalue weighted by atomic mass is 10.1. The molecule has 0 saturated heterocycles. The second kappa shape index (κ2) is 6.72. The first-order valence-corrected chi connectivity index (χ1v) is 9.54. The van der Waals surface area contributed by atoms with Crippen LogP contribution in [0.5, 0.6) is 0 Å². The number of para-hydroxylation sites is 1. The lowest BCUT2D eigenvalue weighted by molar-refractivity contribution is -0.119. The van der Waals surface area contributed by atoms with Gasteiger partial charge in [-0.15, -0.1) is 0 Å². The van der Waals surface area contributed by atoms with Crippen LogP contribution in [0.15, 0.2) is 42.5 Å². The number of carbonyl (C=O) groups is 2. The van der Waals surface area contributed by atoms with E-state index < -0.39 is 0 Å². The van der Waals surface area contributed by atoms with Crippen LogP contribution in [0.25, 0.3) is 0 Å². The predicted octanol–water partition coefficient (Wildman–Crippen LogP) is 3.37. The molecule has 0 aliphatic carbocycles. The molecule has 0 spiro atoms. The number of nitrogens with one attached hydrogen (secondary N) is 1. The van der Waals surface area contributed by atoms with E-state index in [0.29, 0.717) is 0 Å². The summed E-state index contributed by atoms with van der Waals surface area (Å²) in [6.45, 7) is 6.32. The molecule has 2 amide bonds. The number of rotatable bonds is 3. The van der Waals surface area contributed by atoms with Crippen molar-refractivity contribution in [1.82, 2.24) is 0 Å². The Morgan fingerprint density at radius 3 is 2.67 bits per heavy atom. The van der Waals surface area contributed by atoms with E-state index in [0.717, 1.165) is 42.0 Å². The van der Waals surface area contributed by atoms with Gasteiger partial charge in [0.2, 0.25) is 11.8 Å². The van der Waals surface area contributed by atoms with Gasteiger partial charge < -0.3 is 15.1 Å². The van der Waals surface area contributed by atoms with Crippen molar-refractivity contribution in [3.05, 3.63) is 53.6 Å². The highest BCUT2D eigenvalue weighted by molar-refractivity contribution is 6.01. The second-order valence-electron chi connectivity index (χ2n) is 7.52. The van der Waals surface area contributed by atoms with Crippen molar-refractivity contribution in [3.63, 3.8) is 0 Å². The van der Waals surface area contributed by atoms with E-state index in [1.807, 2.05) is 42.2 Å². The summed E-state index contributed by atoms with van der Waals surface area (Å²) in [4.78, 5) is 28.5. The van der Waals surface area contributed by atoms with Gasteiger partial charge in [0.15, 0.2) is 0 Å². The molecular weight excluding hydrogens is 338 g/mol. The molecule has 5 heteroatoms. The minimum Gasteiger partial charge on any atom is -0.374 e. The summed E-state index contributed by atoms with van der Waals surface area (Å²) >= 11 is 0. The van der Waals surface area contributed by atoms with E-state index in [-0.39, 0.29) is 23.9 Å². The van der Waals surface area contributed by atoms with Crippen LogP contribution in [0, 0.1) is 0 Å². The molecule has 1 N–H and O–H groups in total. The minimum atomic E-state index is -0.332. The number of hydrogen-bond donors (Lipinski definition) is 1. The highest BCUT2D eigenvalue weighted by Gasteiger charge is 2.33. The Bertz CT molecular complexity index is 908. The van der Waals surface area contributed by atoms with E-state index in [1.165, 1.54) is 5.56 Å². The molecule has 4 rings (SSSR count). The molecule has 0 fully saturated rings. The van der Waals surface area contributed by atoms with E-state index in [4.69, 9.17) is 0 Å². The fourth-order valence-electron chi connectivity index (χ4n) is 4.24. The van der Waals surface area contributed by atoms with E-state index in [9.17, 15) is 9.59 Å². The zero-order chi connectivity index (χ0) is 19.1. The Balaban J connectivity index is 1.51. The van der Waals surface area contributed by atoms with Crippen LogP contribution >= 0.6 is 0 Å². The van der Waals surface area contributed by atoms with Crippen molar-refractivity contribution < 1.29 is 9.59 Å². The number of anilines is 3. The summed E-state index contributed by atoms with van der Waals surface area (Å²) in [5.41, 5.74) is 5.30. The number of fused-ring (bicyclic) bond motifs is 2. The molecule has 2 aromatic rings. The van der Waals surface area contributed by atoms with E-state index in [1.54, 1.807) is 11.8 Å². The number of nitrogens with zero attached hydrogens (tertiary/aromatic N) is 2. The lowest BCUT2D eigenvalue weighted by Gasteiger charge is -2.27. The molecule has 2 aromatic carbocycles. The summed E-state index contributed by atoms with van der Waals surface area (Å²) in [5.74, 6) is 0.151. The Hall–Kier alpha value is -2.82. The van der Waals surface area contributed by atoms with Gasteiger partial charge in [0.1, 0.15) is 6.04 Å². The largest absolute Gasteiger partial charge is 0.374 e. The average molecular weight is 363 g/mol. The van der Waals surface area contributed by atoms with Gasteiger partial charge in [-0.25, -0.2) is 0 Å². The third kappa shape index (κ3) is 3.07. The predicted molar refractivity (Wildman–Crippen MR) is 108 cm³/mol. The molecule has 5 nitrogen and oxygen atoms in total. The molecule has 0 saturated carbocycles. The van der Waals surface area contributed by atoms with Crippen LogP contribution in [0.4, 0.5) is 17.1 Å². The maximum Gasteiger partial charge on any atom is 0.249 e. The molecule has 27 heavy (non-hydrogen) atoms. The zero-order valence-electron chi connectivity index (χ0n) is 16.0. The van der Waals surface area contributed by atoms with Crippen LogP contribution in [-0.2, 0) is 22.4 Å². The third-order valence-electron chi connectivity index (χ3n) is 5.55. The molecule has 0 bridgehead atoms. The highest BCUT2D eigenvalue weighted by atomic mass is 16.2. The summed E-state index contributed by atoms with van der Waals surface area (Å²) in [6, 6.07) is 13.9. The first-order valence-electron chi connectivity index (χ1n) is 9.54. The maximum absolute atomic E-state index is 13.1. The Labute approximate surface area is 160 Å². The first kappa shape index (κ1) is 17.6. The molecule has 2 heterocycles. The summed E-state index contributed by atoms with van der Waals surface area (Å²) in [5, 5.41) is 3.35. The molecule has 140 valence electrons. The molecule has 0 aromatic heterocycles. The third-order valence-corrected chi connectivity index (χ3v) is 5.55. The molecule has 0 radical (unpaired) electrons. The van der Waals surface area contributed by atoms with E-state index in [2.05, 4.69) is 24.4 Å². The summed E-state index contributed by atoms with van der Waals surface area (Å²) < 4.78 is 0. The van der Waals surface area contributed by atoms with Gasteiger partial charge in [0, 0.05) is 36.6 Å². The van der Waals surface area contributed by atoms with Crippen molar-refractivity contribution >= 4 is 28.9 Å². The maximum atomic E-state index is 13.1. The van der Waals surface area contributed by atoms with Gasteiger partial charge in [-0.2, -0.15) is 0 Å². The minimum absolute atomic E-state index is 0.0692. The Morgan fingerprint density at radius 1 is 1.11 bits per heavy atom. The summed E-state index contributed by atoms with van der Waals surface area (Å²) in [7, 11) is 0. The van der Waals surface area contributed by atoms with Crippen molar-refractivity contribution in [2.24, 2.45) is 0 Å². The second-order valence-corrected chi connectivity index (χ2v) is 7.52. The van der Waals surface area contributed by atoms with Crippen LogP contribution in [0.3, 0.4) is 0 Å². The first-order chi connectivity index (χ1) is 13.0. The molecule has 2 aliphatic rings. The van der Waals surface area contributed by atoms with Gasteiger partial charge >= 0.3 is 0 Å². The normalized spacial score (nSPS) is 18.9. The SMILES string of the molecule is CC(=O)N1CCc2cc(NC(C)C(=O)N3c4ccccc4CC3C)ccc21. The molecular formula is C22H25N3O2. The van der Waals surface area contributed by atoms with Crippen molar-refractivity contribution in [3.8, 4) is 0 Å². The van der Waals surface area contributed by atoms with Crippen molar-refractivity contribution in [2.75, 3.05) is 21.7 Å². The highest BCUT2D eigenvalue weighted by Crippen LogP contribution is 2.33. The standard InChI is InChI=1S/C22H25N3O2/c1-14-12-17-6-4-5-7-21(17)25(14)22(27)15(2)23-19-8-9-20-18(13-19)10-11-24(20)16(3)26/h4-9,13-15,23H,10-12H2,1-3H3. The Morgan fingerprint density at radius 2 is 1.89 bits per heavy atom. The van der Waals surface area contributed by atoms with Crippen LogP contribution < -0.4 is 15.1 Å². The van der Waals surface area contributed by atoms with Crippen molar-refractivity contribution in [2.45, 2.75) is 45.7 Å². The topological polar surface area (TPSA) is 52.7 Å². The lowest BCUT2D eigenvalue weighted by Crippen LogP contribution is -2.44. The van der Waals surface area contributed by atoms with Crippen LogP contribution in [0.1, 0.15) is 31.9 Å². The van der Waals surface area contributed by atoms with E-state index >= 15 is 0 Å². The number of hydrogen-bond acceptors (Lipinski definition) is 3. The Kier molecular flexibility index (Phi) is 4.38. The average Bonchev–Trinajstić information content (AvgIpc) is 3.20. The fourth-order valence-corrected chi connectivity index (χ4v) is 4.24. The van der Waals surface area contributed by atoms with Gasteiger partial charge in [-0.1, -0.05) is 18.2 Å². The monoisotopic (exact) mass is 363 g/mol. The molecule has 2 atom stereocenters. The van der Waals surface area contributed by atoms with Crippen LogP contribution in [0.2, 0.25) is 0 Å². The fraction of sp³-hybridized carbons (Fsp3) is 0.364. The number of benzene rings is 2. The van der Waals surface area contributed by atoms with Gasteiger partial charge in [-0.3, -0.25) is 9.59 Å². The number of amides is 2. The smallest absolute Gasteiger partial charge is 0.249 e. The van der Waals surface area contributed by atoms with Gasteiger partial charge in [-0.05, 0) is 62.1 Å². The summed E-state index contributed by atoms with van der Waals surface area (Å²) in [6.07, 6.45) is 1.75. The number of carbonyl (C=O) groups excluding carboxylic acids is 2. The van der Waals surface area contributed by atoms with Gasteiger partial charge in [0.25, 0.3) is 0 Å². The molecule has 2 aliphatic heterocycles. The van der Waals surface area contributed by atoms with Crippen LogP contribution in [-0.4, -0.2) is 30.4 Å². The van der Waals surface area contributed by atoms with Crippen molar-refractivity contribution in [1.29, 1.82) is 0 Å². The molecule has 2 unspecified atom stereocenters.